The third-order valence-electron chi connectivity index (χ3n) is 7.23. The van der Waals surface area contributed by atoms with Crippen molar-refractivity contribution in [2.45, 2.75) is 78.2 Å². The number of nitrogens with zero attached hydrogens (tertiary/aromatic N) is 2. The van der Waals surface area contributed by atoms with Gasteiger partial charge in [0.2, 0.25) is 0 Å². The molecule has 1 fully saturated rings. The normalized spacial score (nSPS) is 16.2. The van der Waals surface area contributed by atoms with Gasteiger partial charge in [-0.05, 0) is 62.6 Å². The van der Waals surface area contributed by atoms with Crippen LogP contribution in [0.15, 0.2) is 41.1 Å². The van der Waals surface area contributed by atoms with Crippen molar-refractivity contribution >= 4 is 30.2 Å². The molecule has 2 aromatic rings. The molecule has 246 valence electrons. The summed E-state index contributed by atoms with van der Waals surface area (Å²) in [4.78, 5) is 30.4. The van der Waals surface area contributed by atoms with Gasteiger partial charge in [0.25, 0.3) is 5.91 Å². The zero-order chi connectivity index (χ0) is 33.4. The summed E-state index contributed by atoms with van der Waals surface area (Å²) in [6, 6.07) is 5.54. The first kappa shape index (κ1) is 37.0. The number of carbonyl (C=O) groups is 2. The first-order valence-corrected chi connectivity index (χ1v) is 15.8. The second-order valence-corrected chi connectivity index (χ2v) is 10.5. The minimum absolute atomic E-state index is 0.195. The van der Waals surface area contributed by atoms with E-state index >= 15 is 0 Å². The molecule has 10 nitrogen and oxygen atoms in total. The number of ether oxygens (including phenoxy) is 3. The third kappa shape index (κ3) is 10.2. The second kappa shape index (κ2) is 19.3. The van der Waals surface area contributed by atoms with Crippen LogP contribution in [0.1, 0.15) is 98.6 Å². The molecule has 1 atom stereocenters. The van der Waals surface area contributed by atoms with Crippen molar-refractivity contribution < 1.29 is 23.8 Å². The highest BCUT2D eigenvalue weighted by molar-refractivity contribution is 5.99. The van der Waals surface area contributed by atoms with E-state index in [0.717, 1.165) is 55.0 Å². The molecule has 0 bridgehead atoms. The molecule has 5 N–H and O–H groups in total. The number of amides is 1. The van der Waals surface area contributed by atoms with Crippen molar-refractivity contribution in [2.75, 3.05) is 39.6 Å². The Bertz CT molecular complexity index is 1350. The summed E-state index contributed by atoms with van der Waals surface area (Å²) in [5, 5.41) is 3.03. The number of rotatable bonds is 11. The minimum Gasteiger partial charge on any atom is -0.495 e. The molecule has 1 amide bonds. The molecule has 1 saturated carbocycles. The van der Waals surface area contributed by atoms with Crippen LogP contribution >= 0.6 is 0 Å². The van der Waals surface area contributed by atoms with E-state index in [0.29, 0.717) is 60.7 Å². The van der Waals surface area contributed by atoms with Gasteiger partial charge in [-0.1, -0.05) is 33.8 Å². The zero-order valence-electron chi connectivity index (χ0n) is 27.8. The fraction of sp³-hybridized carbons (Fsp3) is 0.486. The Labute approximate surface area is 268 Å². The summed E-state index contributed by atoms with van der Waals surface area (Å²) >= 11 is 0. The van der Waals surface area contributed by atoms with E-state index in [1.54, 1.807) is 25.5 Å². The van der Waals surface area contributed by atoms with Gasteiger partial charge < -0.3 is 35.8 Å². The smallest absolute Gasteiger partial charge is 0.251 e. The van der Waals surface area contributed by atoms with Gasteiger partial charge >= 0.3 is 0 Å². The lowest BCUT2D eigenvalue weighted by Gasteiger charge is -2.18. The maximum absolute atomic E-state index is 13.0. The van der Waals surface area contributed by atoms with Crippen molar-refractivity contribution in [2.24, 2.45) is 10.7 Å². The summed E-state index contributed by atoms with van der Waals surface area (Å²) in [6.45, 7) is 12.0. The van der Waals surface area contributed by atoms with Gasteiger partial charge in [0, 0.05) is 60.4 Å². The number of pyridine rings is 1. The zero-order valence-corrected chi connectivity index (χ0v) is 27.8. The Kier molecular flexibility index (Phi) is 15.8. The molecule has 0 radical (unpaired) electrons. The van der Waals surface area contributed by atoms with Gasteiger partial charge in [-0.15, -0.1) is 0 Å². The molecule has 5 rings (SSSR count). The van der Waals surface area contributed by atoms with E-state index in [2.05, 4.69) is 48.1 Å². The number of anilines is 1. The maximum Gasteiger partial charge on any atom is 0.251 e. The molecule has 10 heteroatoms. The monoisotopic (exact) mass is 621 g/mol. The number of allylic oxidation sites excluding steroid dienone is 4. The Morgan fingerprint density at radius 3 is 2.53 bits per heavy atom. The number of fused-ring (bicyclic) bond motifs is 1. The number of carbonyl (C=O) groups excluding carboxylic acids is 2. The Morgan fingerprint density at radius 1 is 1.18 bits per heavy atom. The van der Waals surface area contributed by atoms with Crippen molar-refractivity contribution in [3.8, 4) is 11.5 Å². The number of methoxy groups -OCH3 is 1. The molecule has 45 heavy (non-hydrogen) atoms. The number of hydrogen-bond donors (Lipinski definition) is 3. The first-order chi connectivity index (χ1) is 22.0. The lowest BCUT2D eigenvalue weighted by molar-refractivity contribution is -0.0980. The van der Waals surface area contributed by atoms with E-state index in [9.17, 15) is 4.79 Å². The lowest BCUT2D eigenvalue weighted by atomic mass is 9.95. The van der Waals surface area contributed by atoms with Crippen LogP contribution in [0.4, 0.5) is 5.69 Å². The first-order valence-electron chi connectivity index (χ1n) is 15.8. The summed E-state index contributed by atoms with van der Waals surface area (Å²) in [5.74, 6) is 2.52. The average molecular weight is 622 g/mol. The Hall–Kier alpha value is -4.18. The van der Waals surface area contributed by atoms with Crippen molar-refractivity contribution in [1.82, 2.24) is 10.3 Å². The van der Waals surface area contributed by atoms with Gasteiger partial charge in [0.15, 0.2) is 0 Å². The number of aliphatic imine (C=N–C) groups is 1. The van der Waals surface area contributed by atoms with Crippen LogP contribution in [0.3, 0.4) is 0 Å². The highest BCUT2D eigenvalue weighted by Crippen LogP contribution is 2.42. The van der Waals surface area contributed by atoms with E-state index < -0.39 is 0 Å². The molecule has 2 aliphatic carbocycles. The molecule has 3 aliphatic rings. The molecule has 1 aliphatic heterocycles. The van der Waals surface area contributed by atoms with E-state index in [-0.39, 0.29) is 5.91 Å². The fourth-order valence-electron chi connectivity index (χ4n) is 4.84. The number of aromatic nitrogens is 1. The molecular formula is C35H51N5O5. The second-order valence-electron chi connectivity index (χ2n) is 10.5. The van der Waals surface area contributed by atoms with Crippen LogP contribution < -0.4 is 26.3 Å². The van der Waals surface area contributed by atoms with Crippen LogP contribution in [0, 0.1) is 0 Å². The molecule has 0 saturated heterocycles. The van der Waals surface area contributed by atoms with Gasteiger partial charge in [0.05, 0.1) is 31.3 Å². The van der Waals surface area contributed by atoms with Crippen molar-refractivity contribution in [3.05, 3.63) is 64.2 Å². The average Bonchev–Trinajstić information content (AvgIpc) is 3.83. The summed E-state index contributed by atoms with van der Waals surface area (Å²) in [5.41, 5.74) is 16.5. The van der Waals surface area contributed by atoms with Gasteiger partial charge in [-0.25, -0.2) is 4.98 Å². The van der Waals surface area contributed by atoms with E-state index in [1.807, 2.05) is 20.6 Å². The predicted octanol–water partition coefficient (Wildman–Crippen LogP) is 5.63. The Balaban J connectivity index is 0.00000111. The number of hydrogen-bond acceptors (Lipinski definition) is 9. The lowest BCUT2D eigenvalue weighted by Crippen LogP contribution is -2.26. The van der Waals surface area contributed by atoms with Gasteiger partial charge in [0.1, 0.15) is 24.0 Å². The molecule has 1 aromatic carbocycles. The largest absolute Gasteiger partial charge is 0.495 e. The van der Waals surface area contributed by atoms with Gasteiger partial charge in [-0.3, -0.25) is 9.79 Å². The van der Waals surface area contributed by atoms with Crippen LogP contribution in [0.25, 0.3) is 5.57 Å². The minimum atomic E-state index is -0.195. The van der Waals surface area contributed by atoms with Crippen molar-refractivity contribution in [1.29, 1.82) is 0 Å². The highest BCUT2D eigenvalue weighted by atomic mass is 16.5. The number of nitrogen functional groups attached to an aromatic ring is 1. The molecule has 1 aromatic heterocycles. The summed E-state index contributed by atoms with van der Waals surface area (Å²) in [6.07, 6.45) is 11.9. The van der Waals surface area contributed by atoms with E-state index in [4.69, 9.17) is 29.7 Å². The van der Waals surface area contributed by atoms with Crippen molar-refractivity contribution in [3.63, 3.8) is 0 Å². The Morgan fingerprint density at radius 2 is 1.91 bits per heavy atom. The van der Waals surface area contributed by atoms with Crippen LogP contribution in [-0.2, 0) is 16.0 Å². The summed E-state index contributed by atoms with van der Waals surface area (Å²) in [7, 11) is 3.04. The molecule has 2 heterocycles. The summed E-state index contributed by atoms with van der Waals surface area (Å²) < 4.78 is 17.5. The van der Waals surface area contributed by atoms with E-state index in [1.165, 1.54) is 18.2 Å². The third-order valence-corrected chi connectivity index (χ3v) is 7.23. The SMILES string of the molecule is C=O.CC.CCCN=Cc1cc(C(=O)NCCc2cc3c(c(C4=CC=C(OC5CC5)CC4)n2)OCC3C)cc(OC)c1N.CN. The number of benzene rings is 1. The van der Waals surface area contributed by atoms with Crippen LogP contribution in [0.2, 0.25) is 0 Å². The van der Waals surface area contributed by atoms with Crippen LogP contribution in [0.5, 0.6) is 11.5 Å². The molecular weight excluding hydrogens is 570 g/mol. The molecule has 0 spiro atoms. The fourth-order valence-corrected chi connectivity index (χ4v) is 4.84. The predicted molar refractivity (Wildman–Crippen MR) is 182 cm³/mol. The van der Waals surface area contributed by atoms with Gasteiger partial charge in [-0.2, -0.15) is 0 Å². The van der Waals surface area contributed by atoms with Crippen LogP contribution in [-0.4, -0.2) is 63.9 Å². The standard InChI is InChI=1S/C31H38N4O4.C2H6.CH5N.CH2O/c1-4-12-33-17-22-14-21(15-27(37-3)28(22)32)31(36)34-13-11-23-16-26-19(2)18-38-30(26)29(35-23)20-5-7-24(8-6-20)39-25-9-10-25;3*1-2/h5,7,14-17,19,25H,4,6,8-13,18,32H2,1-3H3,(H,34,36);1-2H3;2H2,1H3;1H2. The number of nitrogens with two attached hydrogens (primary N) is 2. The molecule has 1 unspecified atom stereocenters. The highest BCUT2D eigenvalue weighted by Gasteiger charge is 2.29. The quantitative estimate of drug-likeness (QED) is 0.216. The number of nitrogens with one attached hydrogen (secondary N) is 1. The maximum atomic E-state index is 13.0. The topological polar surface area (TPSA) is 151 Å².